The summed E-state index contributed by atoms with van der Waals surface area (Å²) in [6.07, 6.45) is 2.47. The van der Waals surface area contributed by atoms with Crippen LogP contribution in [0.25, 0.3) is 0 Å². The van der Waals surface area contributed by atoms with Gasteiger partial charge < -0.3 is 14.8 Å². The van der Waals surface area contributed by atoms with Gasteiger partial charge in [0.2, 0.25) is 0 Å². The Kier molecular flexibility index (Phi) is 6.71. The van der Waals surface area contributed by atoms with Gasteiger partial charge in [0.1, 0.15) is 6.61 Å². The fraction of sp³-hybridized carbons (Fsp3) is 0.188. The Hall–Kier alpha value is -2.45. The van der Waals surface area contributed by atoms with Crippen molar-refractivity contribution in [3.63, 3.8) is 0 Å². The summed E-state index contributed by atoms with van der Waals surface area (Å²) in [7, 11) is 1.52. The van der Waals surface area contributed by atoms with Gasteiger partial charge in [-0.15, -0.1) is 0 Å². The third kappa shape index (κ3) is 5.64. The fourth-order valence-corrected chi connectivity index (χ4v) is 2.15. The first kappa shape index (κ1) is 17.9. The Morgan fingerprint density at radius 2 is 1.88 bits per heavy atom. The number of nitrogens with one attached hydrogen (secondary N) is 2. The molecule has 0 bridgehead atoms. The molecule has 0 atom stereocenters. The van der Waals surface area contributed by atoms with Crippen LogP contribution in [0.4, 0.5) is 16.2 Å². The van der Waals surface area contributed by atoms with Crippen LogP contribution in [0.5, 0.6) is 0 Å². The summed E-state index contributed by atoms with van der Waals surface area (Å²) < 4.78 is 10.4. The number of anilines is 2. The van der Waals surface area contributed by atoms with Crippen molar-refractivity contribution in [3.8, 4) is 0 Å². The summed E-state index contributed by atoms with van der Waals surface area (Å²) in [5, 5.41) is 5.31. The van der Waals surface area contributed by atoms with Gasteiger partial charge in [-0.3, -0.25) is 15.1 Å². The topological polar surface area (TPSA) is 89.5 Å². The summed E-state index contributed by atoms with van der Waals surface area (Å²) >= 11 is 3.27. The lowest BCUT2D eigenvalue weighted by atomic mass is 10.2. The molecule has 2 N–H and O–H groups in total. The lowest BCUT2D eigenvalue weighted by molar-refractivity contribution is 0.102. The van der Waals surface area contributed by atoms with Crippen LogP contribution in [0, 0.1) is 0 Å². The zero-order valence-corrected chi connectivity index (χ0v) is 14.5. The molecule has 0 saturated heterocycles. The van der Waals surface area contributed by atoms with Crippen molar-refractivity contribution in [2.75, 3.05) is 31.0 Å². The predicted molar refractivity (Wildman–Crippen MR) is 93.2 cm³/mol. The maximum atomic E-state index is 12.2. The Balaban J connectivity index is 1.97. The number of aromatic nitrogens is 1. The maximum absolute atomic E-state index is 12.2. The van der Waals surface area contributed by atoms with Crippen molar-refractivity contribution in [1.82, 2.24) is 4.98 Å². The van der Waals surface area contributed by atoms with Crippen LogP contribution < -0.4 is 10.6 Å². The highest BCUT2D eigenvalue weighted by Gasteiger charge is 2.08. The van der Waals surface area contributed by atoms with Crippen LogP contribution in [0.1, 0.15) is 10.4 Å². The molecule has 0 radical (unpaired) electrons. The molecule has 0 unspecified atom stereocenters. The first-order valence-corrected chi connectivity index (χ1v) is 7.82. The van der Waals surface area contributed by atoms with E-state index in [1.807, 2.05) is 0 Å². The number of nitrogens with zero attached hydrogens (tertiary/aromatic N) is 1. The third-order valence-electron chi connectivity index (χ3n) is 2.85. The quantitative estimate of drug-likeness (QED) is 0.734. The van der Waals surface area contributed by atoms with Crippen LogP contribution in [-0.4, -0.2) is 37.3 Å². The highest BCUT2D eigenvalue weighted by atomic mass is 79.9. The molecule has 0 aliphatic heterocycles. The first-order valence-electron chi connectivity index (χ1n) is 7.03. The summed E-state index contributed by atoms with van der Waals surface area (Å²) in [5.74, 6) is -0.302. The number of methoxy groups -OCH3 is 1. The fourth-order valence-electron chi connectivity index (χ4n) is 1.79. The van der Waals surface area contributed by atoms with Gasteiger partial charge in [-0.2, -0.15) is 0 Å². The van der Waals surface area contributed by atoms with E-state index in [1.165, 1.54) is 13.3 Å². The molecular formula is C16H16BrN3O4. The van der Waals surface area contributed by atoms with Crippen LogP contribution in [0.2, 0.25) is 0 Å². The largest absolute Gasteiger partial charge is 0.447 e. The highest BCUT2D eigenvalue weighted by Crippen LogP contribution is 2.17. The van der Waals surface area contributed by atoms with Gasteiger partial charge in [-0.25, -0.2) is 4.79 Å². The van der Waals surface area contributed by atoms with Crippen LogP contribution >= 0.6 is 15.9 Å². The molecule has 8 heteroatoms. The van der Waals surface area contributed by atoms with E-state index in [2.05, 4.69) is 31.5 Å². The molecule has 1 aromatic heterocycles. The van der Waals surface area contributed by atoms with Crippen molar-refractivity contribution < 1.29 is 19.1 Å². The Bertz CT molecular complexity index is 724. The van der Waals surface area contributed by atoms with E-state index in [1.54, 1.807) is 36.5 Å². The van der Waals surface area contributed by atoms with Gasteiger partial charge in [-0.1, -0.05) is 6.07 Å². The van der Waals surface area contributed by atoms with Gasteiger partial charge >= 0.3 is 6.09 Å². The number of hydrogen-bond acceptors (Lipinski definition) is 5. The van der Waals surface area contributed by atoms with Gasteiger partial charge in [0.15, 0.2) is 0 Å². The molecule has 0 aliphatic rings. The summed E-state index contributed by atoms with van der Waals surface area (Å²) in [6, 6.07) is 8.40. The van der Waals surface area contributed by atoms with E-state index < -0.39 is 6.09 Å². The molecule has 1 aromatic carbocycles. The maximum Gasteiger partial charge on any atom is 0.411 e. The van der Waals surface area contributed by atoms with E-state index in [0.29, 0.717) is 28.0 Å². The average Bonchev–Trinajstić information content (AvgIpc) is 2.55. The minimum atomic E-state index is -0.591. The lowest BCUT2D eigenvalue weighted by Crippen LogP contribution is -2.17. The molecule has 0 spiro atoms. The zero-order chi connectivity index (χ0) is 17.4. The second-order valence-corrected chi connectivity index (χ2v) is 5.60. The van der Waals surface area contributed by atoms with Crippen molar-refractivity contribution in [2.24, 2.45) is 0 Å². The number of hydrogen-bond donors (Lipinski definition) is 2. The lowest BCUT2D eigenvalue weighted by Gasteiger charge is -2.09. The minimum Gasteiger partial charge on any atom is -0.447 e. The number of ether oxygens (including phenoxy) is 2. The third-order valence-corrected chi connectivity index (χ3v) is 3.29. The van der Waals surface area contributed by atoms with Crippen molar-refractivity contribution >= 4 is 39.3 Å². The number of pyridine rings is 1. The standard InChI is InChI=1S/C16H16BrN3O4/c1-23-5-6-24-16(22)20-14-4-2-3-13(8-14)19-15(21)11-7-12(17)10-18-9-11/h2-4,7-10H,5-6H2,1H3,(H,19,21)(H,20,22). The monoisotopic (exact) mass is 393 g/mol. The molecule has 0 saturated carbocycles. The summed E-state index contributed by atoms with van der Waals surface area (Å²) in [4.78, 5) is 27.7. The van der Waals surface area contributed by atoms with Crippen molar-refractivity contribution in [3.05, 3.63) is 52.8 Å². The smallest absolute Gasteiger partial charge is 0.411 e. The minimum absolute atomic E-state index is 0.161. The van der Waals surface area contributed by atoms with Crippen molar-refractivity contribution in [2.45, 2.75) is 0 Å². The number of amides is 2. The van der Waals surface area contributed by atoms with E-state index in [-0.39, 0.29) is 12.5 Å². The van der Waals surface area contributed by atoms with E-state index >= 15 is 0 Å². The Morgan fingerprint density at radius 3 is 2.58 bits per heavy atom. The molecule has 126 valence electrons. The number of benzene rings is 1. The van der Waals surface area contributed by atoms with E-state index in [9.17, 15) is 9.59 Å². The molecular weight excluding hydrogens is 378 g/mol. The molecule has 24 heavy (non-hydrogen) atoms. The molecule has 2 aromatic rings. The normalized spacial score (nSPS) is 10.1. The molecule has 7 nitrogen and oxygen atoms in total. The molecule has 0 fully saturated rings. The number of carbonyl (C=O) groups is 2. The first-order chi connectivity index (χ1) is 11.6. The SMILES string of the molecule is COCCOC(=O)Nc1cccc(NC(=O)c2cncc(Br)c2)c1. The predicted octanol–water partition coefficient (Wildman–Crippen LogP) is 3.29. The summed E-state index contributed by atoms with van der Waals surface area (Å²) in [5.41, 5.74) is 1.46. The van der Waals surface area contributed by atoms with Crippen LogP contribution in [0.3, 0.4) is 0 Å². The van der Waals surface area contributed by atoms with Gasteiger partial charge in [0.05, 0.1) is 12.2 Å². The summed E-state index contributed by atoms with van der Waals surface area (Å²) in [6.45, 7) is 0.485. The number of carbonyl (C=O) groups excluding carboxylic acids is 2. The van der Waals surface area contributed by atoms with Crippen LogP contribution in [-0.2, 0) is 9.47 Å². The number of rotatable bonds is 6. The molecule has 1 heterocycles. The van der Waals surface area contributed by atoms with Gasteiger partial charge in [0, 0.05) is 35.4 Å². The molecule has 2 amide bonds. The van der Waals surface area contributed by atoms with Gasteiger partial charge in [0.25, 0.3) is 5.91 Å². The Morgan fingerprint density at radius 1 is 1.12 bits per heavy atom. The highest BCUT2D eigenvalue weighted by molar-refractivity contribution is 9.10. The van der Waals surface area contributed by atoms with E-state index in [4.69, 9.17) is 9.47 Å². The van der Waals surface area contributed by atoms with Crippen LogP contribution in [0.15, 0.2) is 47.2 Å². The molecule has 2 rings (SSSR count). The van der Waals surface area contributed by atoms with Gasteiger partial charge in [-0.05, 0) is 40.2 Å². The second-order valence-electron chi connectivity index (χ2n) is 4.68. The average molecular weight is 394 g/mol. The van der Waals surface area contributed by atoms with E-state index in [0.717, 1.165) is 0 Å². The second kappa shape index (κ2) is 8.99. The zero-order valence-electron chi connectivity index (χ0n) is 12.9. The molecule has 0 aliphatic carbocycles. The number of halogens is 1. The Labute approximate surface area is 147 Å². The van der Waals surface area contributed by atoms with Crippen molar-refractivity contribution in [1.29, 1.82) is 0 Å².